The number of carbonyl (C=O) groups excluding carboxylic acids is 1. The summed E-state index contributed by atoms with van der Waals surface area (Å²) in [7, 11) is 1.39. The Hall–Kier alpha value is -4.53. The molecule has 3 heterocycles. The van der Waals surface area contributed by atoms with Crippen LogP contribution in [0, 0.1) is 0 Å². The van der Waals surface area contributed by atoms with Crippen molar-refractivity contribution in [3.05, 3.63) is 96.1 Å². The fourth-order valence-electron chi connectivity index (χ4n) is 5.98. The second-order valence-electron chi connectivity index (χ2n) is 11.1. The molecule has 0 atom stereocenters. The number of pyridine rings is 1. The number of methoxy groups -OCH3 is 1. The molecule has 0 spiro atoms. The maximum atomic E-state index is 12.8. The van der Waals surface area contributed by atoms with E-state index in [0.29, 0.717) is 22.6 Å². The van der Waals surface area contributed by atoms with Crippen molar-refractivity contribution >= 4 is 22.8 Å². The third kappa shape index (κ3) is 4.62. The van der Waals surface area contributed by atoms with Crippen LogP contribution in [0.2, 0.25) is 0 Å². The van der Waals surface area contributed by atoms with Crippen LogP contribution in [0.25, 0.3) is 39.5 Å². The molecule has 0 amide bonds. The van der Waals surface area contributed by atoms with Crippen molar-refractivity contribution in [2.24, 2.45) is 5.73 Å². The molecule has 0 bridgehead atoms. The first-order valence-corrected chi connectivity index (χ1v) is 14.4. The number of anilines is 1. The maximum absolute atomic E-state index is 12.8. The van der Waals surface area contributed by atoms with E-state index in [9.17, 15) is 4.79 Å². The molecular formula is C34H33N5O3. The standard InChI is InChI=1S/C34H33N5O3/c1-41-33(40)28-9-3-2-8-27(28)31-37-30-15-14-29(23-6-4-7-26(22-23)38-18-20-42-21-19-38)36-32(30)39(31)25-12-10-24(11-13-25)34(35)16-5-17-34/h2-4,6-15,22H,5,16-21,35H2,1H3. The number of imidazole rings is 1. The number of fused-ring (bicyclic) bond motifs is 1. The normalized spacial score (nSPS) is 16.3. The number of ether oxygens (including phenoxy) is 2. The zero-order chi connectivity index (χ0) is 28.7. The minimum atomic E-state index is -0.414. The summed E-state index contributed by atoms with van der Waals surface area (Å²) in [6.07, 6.45) is 3.14. The lowest BCUT2D eigenvalue weighted by atomic mass is 9.73. The number of benzene rings is 3. The Labute approximate surface area is 244 Å². The topological polar surface area (TPSA) is 95.5 Å². The predicted octanol–water partition coefficient (Wildman–Crippen LogP) is 5.72. The van der Waals surface area contributed by atoms with Crippen LogP contribution in [0.15, 0.2) is 84.9 Å². The zero-order valence-electron chi connectivity index (χ0n) is 23.6. The van der Waals surface area contributed by atoms with Gasteiger partial charge in [0.1, 0.15) is 11.3 Å². The van der Waals surface area contributed by atoms with Gasteiger partial charge in [-0.05, 0) is 67.3 Å². The molecule has 3 aromatic carbocycles. The Morgan fingerprint density at radius 2 is 1.69 bits per heavy atom. The van der Waals surface area contributed by atoms with Gasteiger partial charge in [0.2, 0.25) is 0 Å². The number of aromatic nitrogens is 3. The van der Waals surface area contributed by atoms with E-state index >= 15 is 0 Å². The van der Waals surface area contributed by atoms with Crippen LogP contribution in [0.1, 0.15) is 35.2 Å². The number of nitrogens with two attached hydrogens (primary N) is 1. The smallest absolute Gasteiger partial charge is 0.338 e. The number of morpholine rings is 1. The third-order valence-electron chi connectivity index (χ3n) is 8.54. The molecule has 8 heteroatoms. The minimum absolute atomic E-state index is 0.257. The summed E-state index contributed by atoms with van der Waals surface area (Å²) in [5, 5.41) is 0. The van der Waals surface area contributed by atoms with Gasteiger partial charge in [-0.25, -0.2) is 14.8 Å². The van der Waals surface area contributed by atoms with Gasteiger partial charge in [0.25, 0.3) is 0 Å². The van der Waals surface area contributed by atoms with Gasteiger partial charge in [-0.2, -0.15) is 0 Å². The number of hydrogen-bond donors (Lipinski definition) is 1. The first-order chi connectivity index (χ1) is 20.5. The van der Waals surface area contributed by atoms with Crippen LogP contribution in [0.5, 0.6) is 0 Å². The number of rotatable bonds is 6. The van der Waals surface area contributed by atoms with E-state index in [1.165, 1.54) is 7.11 Å². The van der Waals surface area contributed by atoms with Crippen molar-refractivity contribution in [3.8, 4) is 28.3 Å². The van der Waals surface area contributed by atoms with Crippen LogP contribution >= 0.6 is 0 Å². The zero-order valence-corrected chi connectivity index (χ0v) is 23.6. The Morgan fingerprint density at radius 1 is 0.905 bits per heavy atom. The number of carbonyl (C=O) groups is 1. The summed E-state index contributed by atoms with van der Waals surface area (Å²) >= 11 is 0. The lowest BCUT2D eigenvalue weighted by Gasteiger charge is -2.38. The van der Waals surface area contributed by atoms with E-state index < -0.39 is 5.97 Å². The van der Waals surface area contributed by atoms with Gasteiger partial charge < -0.3 is 20.1 Å². The average Bonchev–Trinajstić information content (AvgIpc) is 3.42. The highest BCUT2D eigenvalue weighted by Crippen LogP contribution is 2.39. The van der Waals surface area contributed by atoms with Crippen molar-refractivity contribution in [2.45, 2.75) is 24.8 Å². The molecule has 1 saturated carbocycles. The van der Waals surface area contributed by atoms with Crippen LogP contribution < -0.4 is 10.6 Å². The van der Waals surface area contributed by atoms with Crippen LogP contribution in [0.3, 0.4) is 0 Å². The molecule has 7 rings (SSSR count). The Kier molecular flexibility index (Phi) is 6.72. The van der Waals surface area contributed by atoms with E-state index in [1.807, 2.05) is 34.9 Å². The molecule has 2 N–H and O–H groups in total. The number of hydrogen-bond acceptors (Lipinski definition) is 7. The van der Waals surface area contributed by atoms with Gasteiger partial charge in [-0.15, -0.1) is 0 Å². The van der Waals surface area contributed by atoms with Crippen molar-refractivity contribution in [1.29, 1.82) is 0 Å². The van der Waals surface area contributed by atoms with Crippen molar-refractivity contribution in [3.63, 3.8) is 0 Å². The highest BCUT2D eigenvalue weighted by atomic mass is 16.5. The summed E-state index contributed by atoms with van der Waals surface area (Å²) in [5.74, 6) is 0.208. The van der Waals surface area contributed by atoms with Gasteiger partial charge in [0, 0.05) is 41.1 Å². The van der Waals surface area contributed by atoms with Crippen LogP contribution in [-0.2, 0) is 15.0 Å². The average molecular weight is 560 g/mol. The third-order valence-corrected chi connectivity index (χ3v) is 8.54. The summed E-state index contributed by atoms with van der Waals surface area (Å²) in [6, 6.07) is 28.2. The Morgan fingerprint density at radius 3 is 2.43 bits per heavy atom. The highest BCUT2D eigenvalue weighted by molar-refractivity contribution is 5.97. The predicted molar refractivity (Wildman–Crippen MR) is 164 cm³/mol. The molecule has 5 aromatic rings. The molecule has 0 unspecified atom stereocenters. The molecule has 212 valence electrons. The maximum Gasteiger partial charge on any atom is 0.338 e. The summed E-state index contributed by atoms with van der Waals surface area (Å²) in [5.41, 5.74) is 14.0. The minimum Gasteiger partial charge on any atom is -0.465 e. The largest absolute Gasteiger partial charge is 0.465 e. The van der Waals surface area contributed by atoms with E-state index in [0.717, 1.165) is 79.3 Å². The van der Waals surface area contributed by atoms with E-state index in [1.54, 1.807) is 6.07 Å². The Balaban J connectivity index is 1.39. The van der Waals surface area contributed by atoms with Crippen molar-refractivity contribution < 1.29 is 14.3 Å². The Bertz CT molecular complexity index is 1770. The van der Waals surface area contributed by atoms with E-state index in [2.05, 4.69) is 53.4 Å². The van der Waals surface area contributed by atoms with Gasteiger partial charge in [0.15, 0.2) is 5.65 Å². The SMILES string of the molecule is COC(=O)c1ccccc1-c1nc2ccc(-c3cccc(N4CCOCC4)c3)nc2n1-c1ccc(C2(N)CCC2)cc1. The van der Waals surface area contributed by atoms with E-state index in [-0.39, 0.29) is 5.54 Å². The molecule has 1 aliphatic carbocycles. The summed E-state index contributed by atoms with van der Waals surface area (Å²) < 4.78 is 12.7. The summed E-state index contributed by atoms with van der Waals surface area (Å²) in [6.45, 7) is 3.19. The molecule has 1 aliphatic heterocycles. The molecule has 0 radical (unpaired) electrons. The highest BCUT2D eigenvalue weighted by Gasteiger charge is 2.34. The second kappa shape index (κ2) is 10.7. The van der Waals surface area contributed by atoms with Gasteiger partial charge in [-0.1, -0.05) is 42.5 Å². The number of nitrogens with zero attached hydrogens (tertiary/aromatic N) is 4. The first kappa shape index (κ1) is 26.4. The van der Waals surface area contributed by atoms with Gasteiger partial charge in [0.05, 0.1) is 31.6 Å². The summed E-state index contributed by atoms with van der Waals surface area (Å²) in [4.78, 5) is 25.3. The first-order valence-electron chi connectivity index (χ1n) is 14.4. The quantitative estimate of drug-likeness (QED) is 0.266. The van der Waals surface area contributed by atoms with Crippen LogP contribution in [-0.4, -0.2) is 53.9 Å². The molecule has 2 aliphatic rings. The fourth-order valence-corrected chi connectivity index (χ4v) is 5.98. The molecule has 8 nitrogen and oxygen atoms in total. The van der Waals surface area contributed by atoms with E-state index in [4.69, 9.17) is 25.2 Å². The van der Waals surface area contributed by atoms with Crippen LogP contribution in [0.4, 0.5) is 5.69 Å². The van der Waals surface area contributed by atoms with Gasteiger partial charge >= 0.3 is 5.97 Å². The van der Waals surface area contributed by atoms with Crippen molar-refractivity contribution in [2.75, 3.05) is 38.3 Å². The molecular weight excluding hydrogens is 526 g/mol. The molecule has 2 aromatic heterocycles. The number of esters is 1. The molecule has 2 fully saturated rings. The molecule has 42 heavy (non-hydrogen) atoms. The monoisotopic (exact) mass is 559 g/mol. The second-order valence-corrected chi connectivity index (χ2v) is 11.1. The van der Waals surface area contributed by atoms with Crippen molar-refractivity contribution in [1.82, 2.24) is 14.5 Å². The lowest BCUT2D eigenvalue weighted by molar-refractivity contribution is 0.0601. The fraction of sp³-hybridized carbons (Fsp3) is 0.265. The molecule has 1 saturated heterocycles. The lowest BCUT2D eigenvalue weighted by Crippen LogP contribution is -2.43. The van der Waals surface area contributed by atoms with Gasteiger partial charge in [-0.3, -0.25) is 4.57 Å².